The van der Waals surface area contributed by atoms with E-state index in [4.69, 9.17) is 34.9 Å². The maximum absolute atomic E-state index is 16.6. The van der Waals surface area contributed by atoms with Gasteiger partial charge in [0.15, 0.2) is 0 Å². The number of carbonyl (C=O) groups is 3. The van der Waals surface area contributed by atoms with E-state index in [1.807, 2.05) is 26.8 Å². The van der Waals surface area contributed by atoms with Crippen molar-refractivity contribution in [2.45, 2.75) is 265 Å². The van der Waals surface area contributed by atoms with Gasteiger partial charge in [0.2, 0.25) is 0 Å². The van der Waals surface area contributed by atoms with Crippen molar-refractivity contribution >= 4 is 115 Å². The van der Waals surface area contributed by atoms with Gasteiger partial charge < -0.3 is 19.9 Å². The van der Waals surface area contributed by atoms with Crippen molar-refractivity contribution in [2.75, 3.05) is 25.4 Å². The van der Waals surface area contributed by atoms with Crippen LogP contribution in [0.4, 0.5) is 19.0 Å². The van der Waals surface area contributed by atoms with Crippen LogP contribution in [0.3, 0.4) is 0 Å². The molecule has 0 aromatic carbocycles. The van der Waals surface area contributed by atoms with Crippen molar-refractivity contribution in [2.24, 2.45) is 28.1 Å². The lowest BCUT2D eigenvalue weighted by Crippen LogP contribution is -2.57. The Labute approximate surface area is 573 Å². The highest BCUT2D eigenvalue weighted by molar-refractivity contribution is 9.10. The van der Waals surface area contributed by atoms with Crippen LogP contribution in [0.5, 0.6) is 0 Å². The zero-order valence-electron chi connectivity index (χ0n) is 58.5. The third-order valence-electron chi connectivity index (χ3n) is 19.3. The molecule has 3 aromatic rings. The molecule has 0 amide bonds. The van der Waals surface area contributed by atoms with E-state index in [-0.39, 0.29) is 48.0 Å². The van der Waals surface area contributed by atoms with E-state index >= 15 is 4.39 Å². The summed E-state index contributed by atoms with van der Waals surface area (Å²) in [5, 5.41) is -0.796. The number of rotatable bonds is 13. The van der Waals surface area contributed by atoms with Crippen LogP contribution in [-0.4, -0.2) is 137 Å². The summed E-state index contributed by atoms with van der Waals surface area (Å²) in [4.78, 5) is 65.8. The first-order valence-corrected chi connectivity index (χ1v) is 41.1. The normalized spacial score (nSPS) is 29.7. The predicted octanol–water partition coefficient (Wildman–Crippen LogP) is 13.7. The van der Waals surface area contributed by atoms with Crippen LogP contribution in [0.25, 0.3) is 0 Å². The van der Waals surface area contributed by atoms with Crippen LogP contribution in [-0.2, 0) is 74.4 Å². The van der Waals surface area contributed by atoms with Crippen LogP contribution in [0, 0.1) is 17.5 Å². The minimum absolute atomic E-state index is 0.0320. The molecular weight excluding hydrogens is 1420 g/mol. The third-order valence-corrected chi connectivity index (χ3v) is 36.9. The minimum atomic E-state index is -2.89. The lowest BCUT2D eigenvalue weighted by molar-refractivity contribution is -0.154. The number of halogens is 5. The monoisotopic (exact) mass is 1510 g/mol. The quantitative estimate of drug-likeness (QED) is 0.0722. The molecule has 6 aliphatic rings. The van der Waals surface area contributed by atoms with Crippen molar-refractivity contribution in [1.29, 1.82) is 0 Å². The number of ether oxygens (including phenoxy) is 3. The second-order valence-corrected chi connectivity index (χ2v) is 45.9. The number of fused-ring (bicyclic) bond motifs is 3. The molecule has 9 atom stereocenters. The highest BCUT2D eigenvalue weighted by Gasteiger charge is 2.61. The van der Waals surface area contributed by atoms with E-state index in [0.717, 1.165) is 23.3 Å². The first kappa shape index (κ1) is 76.8. The molecule has 19 nitrogen and oxygen atoms in total. The van der Waals surface area contributed by atoms with Gasteiger partial charge in [-0.25, -0.2) is 53.8 Å². The lowest BCUT2D eigenvalue weighted by atomic mass is 9.88. The summed E-state index contributed by atoms with van der Waals surface area (Å²) in [6.07, 6.45) is 1.15. The van der Waals surface area contributed by atoms with Gasteiger partial charge in [0.1, 0.15) is 83.0 Å². The van der Waals surface area contributed by atoms with Crippen LogP contribution in [0.2, 0.25) is 18.1 Å². The molecule has 0 spiro atoms. The van der Waals surface area contributed by atoms with Gasteiger partial charge in [-0.15, -0.1) is 0 Å². The number of pyridine rings is 3. The van der Waals surface area contributed by atoms with Crippen molar-refractivity contribution in [1.82, 2.24) is 15.0 Å². The number of esters is 3. The molecule has 0 bridgehead atoms. The first-order chi connectivity index (χ1) is 42.9. The maximum atomic E-state index is 16.6. The second-order valence-electron chi connectivity index (χ2n) is 30.1. The maximum Gasteiger partial charge on any atom is 0.312 e. The number of anilines is 1. The average molecular weight is 1520 g/mol. The standard InChI is InChI=1S/C26H41BrFN3O3SSi.C20H27BrFN3O3S.C20H29FN4O3S/c1-10-36(11-2,12-3)17-15-20(27)30-23(22(17)28)26(9)19-13-14-29-35(19,33)25(7,8)18(31-26)16-21(32)34-24(4,5)6;1-18(2,3)28-16(26)11-13-19(4,5)29(27)14(9-10-23-29)20(6,25-13)17-12(22)7-8-15(21)24-17;1-18(2,3)28-16(26)11-13-19(4,5)29(27)14(9-10-23-29)20(6,25-13)17-12(21)7-8-15(22)24-17/h15,19H,10-14,16H2,1-9H3;7-8,14H,9-11H2,1-6H3;7-8,14H,9-11H2,1-6H3,(H2,22,24)/t19-,26-,35+;2*14-,20-,29+/m000/s1. The molecule has 0 saturated heterocycles. The van der Waals surface area contributed by atoms with Crippen molar-refractivity contribution < 1.29 is 54.4 Å². The number of hydrogen-bond donors (Lipinski definition) is 1. The summed E-state index contributed by atoms with van der Waals surface area (Å²) < 4.78 is 117. The molecule has 0 unspecified atom stereocenters. The number of nitrogen functional groups attached to an aromatic ring is 1. The van der Waals surface area contributed by atoms with Gasteiger partial charge in [0.25, 0.3) is 0 Å². The molecule has 522 valence electrons. The van der Waals surface area contributed by atoms with E-state index in [9.17, 15) is 35.8 Å². The Hall–Kier alpha value is -4.51. The zero-order chi connectivity index (χ0) is 71.0. The predicted molar refractivity (Wildman–Crippen MR) is 379 cm³/mol. The van der Waals surface area contributed by atoms with Gasteiger partial charge in [-0.1, -0.05) is 38.9 Å². The highest BCUT2D eigenvalue weighted by atomic mass is 79.9. The number of carbonyl (C=O) groups excluding carboxylic acids is 3. The molecule has 9 heterocycles. The van der Waals surface area contributed by atoms with Crippen molar-refractivity contribution in [3.63, 3.8) is 0 Å². The Morgan fingerprint density at radius 2 is 0.830 bits per heavy atom. The Morgan fingerprint density at radius 3 is 1.16 bits per heavy atom. The van der Waals surface area contributed by atoms with Crippen molar-refractivity contribution in [3.8, 4) is 0 Å². The third kappa shape index (κ3) is 14.2. The average Bonchev–Trinajstić information content (AvgIpc) is 1.35. The van der Waals surface area contributed by atoms with Gasteiger partial charge in [-0.2, -0.15) is 0 Å². The van der Waals surface area contributed by atoms with E-state index < -0.39 is 130 Å². The fraction of sp³-hybridized carbons (Fsp3) is 0.682. The van der Waals surface area contributed by atoms with E-state index in [1.165, 1.54) is 24.3 Å². The fourth-order valence-electron chi connectivity index (χ4n) is 14.0. The molecule has 0 radical (unpaired) electrons. The van der Waals surface area contributed by atoms with E-state index in [0.29, 0.717) is 65.2 Å². The molecule has 0 aliphatic carbocycles. The molecular formula is C66H97Br2F3N10O9S3Si. The molecule has 3 aromatic heterocycles. The van der Waals surface area contributed by atoms with Crippen LogP contribution in [0.1, 0.15) is 201 Å². The SMILES string of the molecule is CC(C)(C)OC(=O)CC1=N[C@](C)(c2nc(Br)ccc2F)[C@@H]2CCN=[S@]2(=O)C1(C)C.CC(C)(C)OC(=O)CC1=N[C@](C)(c2nc(N)ccc2F)[C@@H]2CCN=[S@]2(=O)C1(C)C.CC[Si](CC)(CC)c1cc(Br)nc([C@@]2(C)N=C(CC(=O)OC(C)(C)C)C(C)(C)[S@@]3(=O)=NCC[C@@H]23)c1F. The molecule has 28 heteroatoms. The molecule has 9 rings (SSSR count). The Kier molecular flexibility index (Phi) is 21.8. The molecule has 0 fully saturated rings. The highest BCUT2D eigenvalue weighted by Crippen LogP contribution is 2.52. The number of nitrogens with two attached hydrogens (primary N) is 1. The number of hydrogen-bond acceptors (Lipinski definition) is 19. The zero-order valence-corrected chi connectivity index (χ0v) is 65.1. The van der Waals surface area contributed by atoms with Crippen LogP contribution >= 0.6 is 31.9 Å². The fourth-order valence-corrected chi connectivity index (χ4v) is 28.4. The summed E-state index contributed by atoms with van der Waals surface area (Å²) in [6, 6.07) is 10.0. The summed E-state index contributed by atoms with van der Waals surface area (Å²) >= 11 is 6.83. The lowest BCUT2D eigenvalue weighted by Gasteiger charge is -2.45. The van der Waals surface area contributed by atoms with Gasteiger partial charge in [-0.05, 0) is 211 Å². The van der Waals surface area contributed by atoms with E-state index in [2.05, 4.69) is 80.7 Å². The van der Waals surface area contributed by atoms with Gasteiger partial charge in [-0.3, -0.25) is 29.4 Å². The Balaban J connectivity index is 0.000000201. The molecule has 2 N–H and O–H groups in total. The number of aliphatic imine (C=N–C) groups is 3. The summed E-state index contributed by atoms with van der Waals surface area (Å²) in [7, 11) is -10.7. The summed E-state index contributed by atoms with van der Waals surface area (Å²) in [6.45, 7) is 39.8. The topological polar surface area (TPSA) is 269 Å². The Bertz CT molecular complexity index is 3850. The smallest absolute Gasteiger partial charge is 0.312 e. The van der Waals surface area contributed by atoms with Gasteiger partial charge >= 0.3 is 17.9 Å². The van der Waals surface area contributed by atoms with Crippen molar-refractivity contribution in [3.05, 3.63) is 74.1 Å². The minimum Gasteiger partial charge on any atom is -0.460 e. The van der Waals surface area contributed by atoms with Crippen LogP contribution in [0.15, 0.2) is 67.6 Å². The molecule has 94 heavy (non-hydrogen) atoms. The molecule has 6 aliphatic heterocycles. The second kappa shape index (κ2) is 26.6. The molecule has 0 saturated carbocycles. The van der Waals surface area contributed by atoms with Gasteiger partial charge in [0, 0.05) is 36.8 Å². The summed E-state index contributed by atoms with van der Waals surface area (Å²) in [5.41, 5.74) is 1.72. The number of aromatic nitrogens is 3. The Morgan fingerprint density at radius 1 is 0.521 bits per heavy atom. The van der Waals surface area contributed by atoms with Gasteiger partial charge in [0.05, 0.1) is 86.5 Å². The van der Waals surface area contributed by atoms with Crippen LogP contribution < -0.4 is 10.9 Å². The largest absolute Gasteiger partial charge is 0.460 e. The first-order valence-electron chi connectivity index (χ1n) is 32.1. The number of nitrogens with zero attached hydrogens (tertiary/aromatic N) is 9. The summed E-state index contributed by atoms with van der Waals surface area (Å²) in [5.74, 6) is -2.68. The van der Waals surface area contributed by atoms with E-state index in [1.54, 1.807) is 104 Å².